The summed E-state index contributed by atoms with van der Waals surface area (Å²) < 4.78 is 0. The number of rotatable bonds is 4. The standard InChI is InChI=1S/C15H24N2O2S/c1-15(2,3)14-17-9-12(20-14)8-16-11-6-4-10(5-7-11)13(18)19/h9-11,16H,4-8H2,1-3H3,(H,18,19). The predicted octanol–water partition coefficient (Wildman–Crippen LogP) is 3.17. The first kappa shape index (κ1) is 15.4. The van der Waals surface area contributed by atoms with E-state index in [4.69, 9.17) is 5.11 Å². The maximum absolute atomic E-state index is 10.9. The molecule has 2 rings (SSSR count). The van der Waals surface area contributed by atoms with Crippen LogP contribution in [0.25, 0.3) is 0 Å². The number of carbonyl (C=O) groups is 1. The van der Waals surface area contributed by atoms with Gasteiger partial charge in [-0.3, -0.25) is 4.79 Å². The van der Waals surface area contributed by atoms with Gasteiger partial charge in [0.05, 0.1) is 10.9 Å². The summed E-state index contributed by atoms with van der Waals surface area (Å²) in [5.41, 5.74) is 0.114. The first-order chi connectivity index (χ1) is 9.36. The van der Waals surface area contributed by atoms with Crippen LogP contribution < -0.4 is 5.32 Å². The van der Waals surface area contributed by atoms with Crippen molar-refractivity contribution < 1.29 is 9.90 Å². The topological polar surface area (TPSA) is 62.2 Å². The summed E-state index contributed by atoms with van der Waals surface area (Å²) in [6.45, 7) is 7.37. The molecule has 1 aromatic rings. The first-order valence-electron chi connectivity index (χ1n) is 7.27. The van der Waals surface area contributed by atoms with Crippen molar-refractivity contribution in [3.8, 4) is 0 Å². The Labute approximate surface area is 124 Å². The summed E-state index contributed by atoms with van der Waals surface area (Å²) in [5, 5.41) is 13.7. The fraction of sp³-hybridized carbons (Fsp3) is 0.733. The lowest BCUT2D eigenvalue weighted by Crippen LogP contribution is -2.34. The summed E-state index contributed by atoms with van der Waals surface area (Å²) >= 11 is 1.77. The summed E-state index contributed by atoms with van der Waals surface area (Å²) in [6, 6.07) is 0.450. The van der Waals surface area contributed by atoms with Gasteiger partial charge in [-0.15, -0.1) is 11.3 Å². The van der Waals surface area contributed by atoms with Gasteiger partial charge in [-0.1, -0.05) is 20.8 Å². The average molecular weight is 296 g/mol. The molecule has 2 N–H and O–H groups in total. The maximum Gasteiger partial charge on any atom is 0.306 e. The number of nitrogens with zero attached hydrogens (tertiary/aromatic N) is 1. The van der Waals surface area contributed by atoms with Gasteiger partial charge >= 0.3 is 5.97 Å². The van der Waals surface area contributed by atoms with Crippen LogP contribution in [0.15, 0.2) is 6.20 Å². The van der Waals surface area contributed by atoms with Gasteiger partial charge in [-0.25, -0.2) is 4.98 Å². The molecule has 0 spiro atoms. The second-order valence-corrected chi connectivity index (χ2v) is 7.76. The molecule has 1 saturated carbocycles. The Morgan fingerprint density at radius 1 is 1.40 bits per heavy atom. The average Bonchev–Trinajstić information content (AvgIpc) is 2.85. The first-order valence-corrected chi connectivity index (χ1v) is 8.09. The van der Waals surface area contributed by atoms with Crippen molar-refractivity contribution in [3.05, 3.63) is 16.1 Å². The molecular formula is C15H24N2O2S. The Morgan fingerprint density at radius 2 is 2.05 bits per heavy atom. The van der Waals surface area contributed by atoms with E-state index < -0.39 is 5.97 Å². The SMILES string of the molecule is CC(C)(C)c1ncc(CNC2CCC(C(=O)O)CC2)s1. The Balaban J connectivity index is 1.79. The molecule has 0 atom stereocenters. The molecule has 1 aromatic heterocycles. The number of aromatic nitrogens is 1. The van der Waals surface area contributed by atoms with Gasteiger partial charge in [0.2, 0.25) is 0 Å². The quantitative estimate of drug-likeness (QED) is 0.896. The normalized spacial score (nSPS) is 23.8. The molecule has 0 amide bonds. The lowest BCUT2D eigenvalue weighted by molar-refractivity contribution is -0.142. The van der Waals surface area contributed by atoms with Gasteiger partial charge < -0.3 is 10.4 Å². The smallest absolute Gasteiger partial charge is 0.306 e. The van der Waals surface area contributed by atoms with Gasteiger partial charge in [-0.05, 0) is 25.7 Å². The van der Waals surface area contributed by atoms with Crippen LogP contribution in [0, 0.1) is 5.92 Å². The fourth-order valence-electron chi connectivity index (χ4n) is 2.53. The van der Waals surface area contributed by atoms with E-state index in [9.17, 15) is 4.79 Å². The van der Waals surface area contributed by atoms with E-state index in [1.165, 1.54) is 9.88 Å². The highest BCUT2D eigenvalue weighted by molar-refractivity contribution is 7.11. The molecule has 4 nitrogen and oxygen atoms in total. The molecule has 0 saturated heterocycles. The monoisotopic (exact) mass is 296 g/mol. The molecule has 1 aliphatic carbocycles. The second-order valence-electron chi connectivity index (χ2n) is 6.65. The third kappa shape index (κ3) is 4.03. The lowest BCUT2D eigenvalue weighted by Gasteiger charge is -2.26. The number of hydrogen-bond donors (Lipinski definition) is 2. The minimum Gasteiger partial charge on any atom is -0.481 e. The Bertz CT molecular complexity index is 457. The summed E-state index contributed by atoms with van der Waals surface area (Å²) in [6.07, 6.45) is 5.47. The van der Waals surface area contributed by atoms with Gasteiger partial charge in [0.25, 0.3) is 0 Å². The highest BCUT2D eigenvalue weighted by Crippen LogP contribution is 2.28. The minimum atomic E-state index is -0.638. The Morgan fingerprint density at radius 3 is 2.55 bits per heavy atom. The van der Waals surface area contributed by atoms with Crippen LogP contribution in [0.5, 0.6) is 0 Å². The van der Waals surface area contributed by atoms with Crippen LogP contribution in [-0.2, 0) is 16.8 Å². The van der Waals surface area contributed by atoms with E-state index in [-0.39, 0.29) is 11.3 Å². The maximum atomic E-state index is 10.9. The number of aliphatic carboxylic acids is 1. The van der Waals surface area contributed by atoms with Crippen molar-refractivity contribution in [1.29, 1.82) is 0 Å². The second kappa shape index (κ2) is 6.22. The van der Waals surface area contributed by atoms with Crippen molar-refractivity contribution in [2.45, 2.75) is 64.5 Å². The van der Waals surface area contributed by atoms with Crippen LogP contribution in [0.2, 0.25) is 0 Å². The van der Waals surface area contributed by atoms with Crippen LogP contribution >= 0.6 is 11.3 Å². The molecule has 0 aromatic carbocycles. The van der Waals surface area contributed by atoms with E-state index in [2.05, 4.69) is 31.1 Å². The zero-order valence-corrected chi connectivity index (χ0v) is 13.3. The molecule has 1 aliphatic rings. The highest BCUT2D eigenvalue weighted by atomic mass is 32.1. The van der Waals surface area contributed by atoms with Crippen molar-refractivity contribution in [3.63, 3.8) is 0 Å². The largest absolute Gasteiger partial charge is 0.481 e. The van der Waals surface area contributed by atoms with Crippen LogP contribution in [0.1, 0.15) is 56.3 Å². The zero-order chi connectivity index (χ0) is 14.8. The molecule has 1 fully saturated rings. The summed E-state index contributed by atoms with van der Waals surface area (Å²) in [5.74, 6) is -0.773. The van der Waals surface area contributed by atoms with Gasteiger partial charge in [0.15, 0.2) is 0 Å². The van der Waals surface area contributed by atoms with Crippen molar-refractivity contribution in [1.82, 2.24) is 10.3 Å². The van der Waals surface area contributed by atoms with Crippen LogP contribution in [0.4, 0.5) is 0 Å². The van der Waals surface area contributed by atoms with E-state index >= 15 is 0 Å². The van der Waals surface area contributed by atoms with Gasteiger partial charge in [0, 0.05) is 29.1 Å². The van der Waals surface area contributed by atoms with E-state index in [0.29, 0.717) is 6.04 Å². The van der Waals surface area contributed by atoms with Crippen LogP contribution in [0.3, 0.4) is 0 Å². The van der Waals surface area contributed by atoms with Crippen LogP contribution in [-0.4, -0.2) is 22.1 Å². The van der Waals surface area contributed by atoms with Crippen molar-refractivity contribution >= 4 is 17.3 Å². The molecule has 112 valence electrons. The van der Waals surface area contributed by atoms with Crippen molar-refractivity contribution in [2.24, 2.45) is 5.92 Å². The van der Waals surface area contributed by atoms with Crippen molar-refractivity contribution in [2.75, 3.05) is 0 Å². The fourth-order valence-corrected chi connectivity index (χ4v) is 3.45. The third-order valence-corrected chi connectivity index (χ3v) is 5.26. The van der Waals surface area contributed by atoms with E-state index in [1.54, 1.807) is 11.3 Å². The molecule has 1 heterocycles. The van der Waals surface area contributed by atoms with Gasteiger partial charge in [0.1, 0.15) is 0 Å². The Kier molecular flexibility index (Phi) is 4.81. The number of hydrogen-bond acceptors (Lipinski definition) is 4. The number of thiazole rings is 1. The molecule has 20 heavy (non-hydrogen) atoms. The number of carboxylic acid groups (broad SMARTS) is 1. The number of carboxylic acids is 1. The Hall–Kier alpha value is -0.940. The molecule has 0 bridgehead atoms. The zero-order valence-electron chi connectivity index (χ0n) is 12.5. The molecule has 0 radical (unpaired) electrons. The van der Waals surface area contributed by atoms with E-state index in [0.717, 1.165) is 32.2 Å². The molecule has 0 unspecified atom stereocenters. The molecule has 5 heteroatoms. The molecular weight excluding hydrogens is 272 g/mol. The minimum absolute atomic E-state index is 0.114. The molecule has 0 aliphatic heterocycles. The van der Waals surface area contributed by atoms with E-state index in [1.807, 2.05) is 6.20 Å². The van der Waals surface area contributed by atoms with Gasteiger partial charge in [-0.2, -0.15) is 0 Å². The lowest BCUT2D eigenvalue weighted by atomic mass is 9.86. The summed E-state index contributed by atoms with van der Waals surface area (Å²) in [7, 11) is 0. The number of nitrogens with one attached hydrogen (secondary N) is 1. The predicted molar refractivity (Wildman–Crippen MR) is 81.0 cm³/mol. The highest BCUT2D eigenvalue weighted by Gasteiger charge is 2.25. The third-order valence-electron chi connectivity index (χ3n) is 3.84. The summed E-state index contributed by atoms with van der Waals surface area (Å²) in [4.78, 5) is 16.7.